The summed E-state index contributed by atoms with van der Waals surface area (Å²) in [7, 11) is 0. The van der Waals surface area contributed by atoms with Crippen LogP contribution in [0.15, 0.2) is 24.3 Å². The lowest BCUT2D eigenvalue weighted by Crippen LogP contribution is -2.06. The lowest BCUT2D eigenvalue weighted by Gasteiger charge is -2.09. The Balaban J connectivity index is 2.20. The van der Waals surface area contributed by atoms with Gasteiger partial charge in [-0.05, 0) is 32.0 Å². The molecule has 0 atom stereocenters. The Labute approximate surface area is 123 Å². The second kappa shape index (κ2) is 6.91. The number of ether oxygens (including phenoxy) is 1. The van der Waals surface area contributed by atoms with E-state index in [1.807, 2.05) is 24.6 Å². The minimum atomic E-state index is -0.358. The fourth-order valence-electron chi connectivity index (χ4n) is 2.01. The summed E-state index contributed by atoms with van der Waals surface area (Å²) in [6.07, 6.45) is 0. The summed E-state index contributed by atoms with van der Waals surface area (Å²) >= 11 is 0. The van der Waals surface area contributed by atoms with Crippen molar-refractivity contribution >= 4 is 0 Å². The molecule has 21 heavy (non-hydrogen) atoms. The van der Waals surface area contributed by atoms with E-state index in [9.17, 15) is 4.39 Å². The van der Waals surface area contributed by atoms with Gasteiger partial charge in [0.15, 0.2) is 0 Å². The first-order chi connectivity index (χ1) is 10.1. The van der Waals surface area contributed by atoms with Crippen LogP contribution in [0.5, 0.6) is 5.75 Å². The molecule has 0 saturated carbocycles. The van der Waals surface area contributed by atoms with Gasteiger partial charge < -0.3 is 10.5 Å². The molecule has 0 amide bonds. The van der Waals surface area contributed by atoms with Crippen LogP contribution in [0.2, 0.25) is 0 Å². The van der Waals surface area contributed by atoms with E-state index in [1.54, 1.807) is 6.07 Å². The molecule has 2 rings (SSSR count). The van der Waals surface area contributed by atoms with Crippen LogP contribution in [0.1, 0.15) is 23.9 Å². The van der Waals surface area contributed by atoms with E-state index in [0.29, 0.717) is 17.9 Å². The highest BCUT2D eigenvalue weighted by Crippen LogP contribution is 2.20. The van der Waals surface area contributed by atoms with Crippen molar-refractivity contribution in [3.05, 3.63) is 47.0 Å². The highest BCUT2D eigenvalue weighted by atomic mass is 19.1. The van der Waals surface area contributed by atoms with Gasteiger partial charge in [0.2, 0.25) is 0 Å². The molecule has 0 radical (unpaired) electrons. The zero-order chi connectivity index (χ0) is 15.2. The molecule has 0 bridgehead atoms. The van der Waals surface area contributed by atoms with Gasteiger partial charge in [-0.1, -0.05) is 11.8 Å². The maximum absolute atomic E-state index is 13.4. The standard InChI is InChI=1S/C16H18FN3O/c1-3-20-15(9-12(2)19-20)11-21-16-10-14(17)7-6-13(16)5-4-8-18/h6-7,9-10H,3,8,11,18H2,1-2H3. The lowest BCUT2D eigenvalue weighted by molar-refractivity contribution is 0.290. The van der Waals surface area contributed by atoms with Gasteiger partial charge in [0, 0.05) is 12.6 Å². The van der Waals surface area contributed by atoms with Crippen molar-refractivity contribution in [2.75, 3.05) is 6.54 Å². The zero-order valence-corrected chi connectivity index (χ0v) is 12.2. The lowest BCUT2D eigenvalue weighted by atomic mass is 10.2. The number of aromatic nitrogens is 2. The summed E-state index contributed by atoms with van der Waals surface area (Å²) in [6.45, 7) is 5.26. The largest absolute Gasteiger partial charge is 0.486 e. The van der Waals surface area contributed by atoms with Crippen molar-refractivity contribution in [3.63, 3.8) is 0 Å². The average Bonchev–Trinajstić information content (AvgIpc) is 2.84. The Morgan fingerprint density at radius 1 is 1.38 bits per heavy atom. The first-order valence-corrected chi connectivity index (χ1v) is 6.78. The number of aryl methyl sites for hydroxylation is 2. The zero-order valence-electron chi connectivity index (χ0n) is 12.2. The van der Waals surface area contributed by atoms with Crippen molar-refractivity contribution in [1.82, 2.24) is 9.78 Å². The summed E-state index contributed by atoms with van der Waals surface area (Å²) in [6, 6.07) is 6.23. The Kier molecular flexibility index (Phi) is 4.96. The maximum Gasteiger partial charge on any atom is 0.138 e. The highest BCUT2D eigenvalue weighted by molar-refractivity contribution is 5.46. The number of nitrogens with two attached hydrogens (primary N) is 1. The van der Waals surface area contributed by atoms with E-state index in [0.717, 1.165) is 17.9 Å². The first-order valence-electron chi connectivity index (χ1n) is 6.78. The van der Waals surface area contributed by atoms with Crippen LogP contribution < -0.4 is 10.5 Å². The fraction of sp³-hybridized carbons (Fsp3) is 0.312. The quantitative estimate of drug-likeness (QED) is 0.877. The van der Waals surface area contributed by atoms with Crippen LogP contribution in [0.3, 0.4) is 0 Å². The van der Waals surface area contributed by atoms with E-state index in [2.05, 4.69) is 16.9 Å². The molecule has 0 fully saturated rings. The minimum absolute atomic E-state index is 0.249. The normalized spacial score (nSPS) is 10.1. The van der Waals surface area contributed by atoms with Crippen molar-refractivity contribution in [3.8, 4) is 17.6 Å². The molecule has 1 aromatic carbocycles. The minimum Gasteiger partial charge on any atom is -0.486 e. The predicted octanol–water partition coefficient (Wildman–Crippen LogP) is 2.24. The summed E-state index contributed by atoms with van der Waals surface area (Å²) in [4.78, 5) is 0. The number of halogens is 1. The third kappa shape index (κ3) is 3.83. The van der Waals surface area contributed by atoms with Crippen LogP contribution in [0, 0.1) is 24.6 Å². The second-order valence-electron chi connectivity index (χ2n) is 4.53. The number of benzene rings is 1. The van der Waals surface area contributed by atoms with Gasteiger partial charge in [-0.15, -0.1) is 0 Å². The SMILES string of the molecule is CCn1nc(C)cc1COc1cc(F)ccc1C#CCN. The Morgan fingerprint density at radius 3 is 2.90 bits per heavy atom. The molecule has 110 valence electrons. The van der Waals surface area contributed by atoms with Crippen molar-refractivity contribution in [2.45, 2.75) is 27.0 Å². The van der Waals surface area contributed by atoms with Crippen LogP contribution in [0.25, 0.3) is 0 Å². The summed E-state index contributed by atoms with van der Waals surface area (Å²) in [5.41, 5.74) is 7.86. The molecule has 2 aromatic rings. The molecule has 0 aliphatic carbocycles. The number of hydrogen-bond donors (Lipinski definition) is 1. The third-order valence-corrected chi connectivity index (χ3v) is 2.93. The highest BCUT2D eigenvalue weighted by Gasteiger charge is 2.08. The van der Waals surface area contributed by atoms with Gasteiger partial charge >= 0.3 is 0 Å². The molecule has 0 aliphatic heterocycles. The molecule has 2 N–H and O–H groups in total. The van der Waals surface area contributed by atoms with E-state index in [1.165, 1.54) is 12.1 Å². The third-order valence-electron chi connectivity index (χ3n) is 2.93. The Morgan fingerprint density at radius 2 is 2.19 bits per heavy atom. The van der Waals surface area contributed by atoms with Crippen molar-refractivity contribution < 1.29 is 9.13 Å². The molecule has 5 heteroatoms. The van der Waals surface area contributed by atoms with Crippen molar-refractivity contribution in [2.24, 2.45) is 5.73 Å². The fourth-order valence-corrected chi connectivity index (χ4v) is 2.01. The van der Waals surface area contributed by atoms with Gasteiger partial charge in [0.25, 0.3) is 0 Å². The predicted molar refractivity (Wildman–Crippen MR) is 79.3 cm³/mol. The average molecular weight is 287 g/mol. The van der Waals surface area contributed by atoms with Gasteiger partial charge in [-0.3, -0.25) is 4.68 Å². The molecule has 0 saturated heterocycles. The maximum atomic E-state index is 13.4. The molecular weight excluding hydrogens is 269 g/mol. The molecule has 4 nitrogen and oxygen atoms in total. The summed E-state index contributed by atoms with van der Waals surface area (Å²) in [5, 5.41) is 4.35. The Hall–Kier alpha value is -2.32. The molecule has 1 aromatic heterocycles. The second-order valence-corrected chi connectivity index (χ2v) is 4.53. The van der Waals surface area contributed by atoms with E-state index < -0.39 is 0 Å². The molecular formula is C16H18FN3O. The first kappa shape index (κ1) is 15.1. The van der Waals surface area contributed by atoms with Crippen molar-refractivity contribution in [1.29, 1.82) is 0 Å². The van der Waals surface area contributed by atoms with E-state index in [4.69, 9.17) is 10.5 Å². The summed E-state index contributed by atoms with van der Waals surface area (Å²) in [5.74, 6) is 5.68. The van der Waals surface area contributed by atoms with Crippen LogP contribution in [-0.2, 0) is 13.2 Å². The van der Waals surface area contributed by atoms with E-state index >= 15 is 0 Å². The van der Waals surface area contributed by atoms with Gasteiger partial charge in [-0.25, -0.2) is 4.39 Å². The number of nitrogens with zero attached hydrogens (tertiary/aromatic N) is 2. The smallest absolute Gasteiger partial charge is 0.138 e. The van der Waals surface area contributed by atoms with Crippen LogP contribution in [0.4, 0.5) is 4.39 Å². The molecule has 0 unspecified atom stereocenters. The van der Waals surface area contributed by atoms with Crippen LogP contribution >= 0.6 is 0 Å². The monoisotopic (exact) mass is 287 g/mol. The van der Waals surface area contributed by atoms with Gasteiger partial charge in [0.05, 0.1) is 23.5 Å². The number of rotatable bonds is 4. The summed E-state index contributed by atoms with van der Waals surface area (Å²) < 4.78 is 20.9. The Bertz CT molecular complexity index is 683. The molecule has 0 aliphatic rings. The topological polar surface area (TPSA) is 53.1 Å². The number of hydrogen-bond acceptors (Lipinski definition) is 3. The van der Waals surface area contributed by atoms with Crippen LogP contribution in [-0.4, -0.2) is 16.3 Å². The van der Waals surface area contributed by atoms with Gasteiger partial charge in [0.1, 0.15) is 18.2 Å². The molecule has 0 spiro atoms. The molecule has 1 heterocycles. The van der Waals surface area contributed by atoms with Gasteiger partial charge in [-0.2, -0.15) is 5.10 Å². The van der Waals surface area contributed by atoms with E-state index in [-0.39, 0.29) is 12.4 Å².